The molecule has 20 heavy (non-hydrogen) atoms. The molecule has 1 heterocycles. The second kappa shape index (κ2) is 6.68. The number of aryl methyl sites for hydroxylation is 1. The second-order valence-corrected chi connectivity index (χ2v) is 5.98. The highest BCUT2D eigenvalue weighted by atomic mass is 32.1. The van der Waals surface area contributed by atoms with Crippen LogP contribution in [0.1, 0.15) is 29.0 Å². The third-order valence-electron chi connectivity index (χ3n) is 3.43. The van der Waals surface area contributed by atoms with Crippen molar-refractivity contribution >= 4 is 17.2 Å². The van der Waals surface area contributed by atoms with Crippen LogP contribution in [-0.2, 0) is 4.79 Å². The Bertz CT molecular complexity index is 548. The standard InChI is InChI=1S/C16H20N2OS/c1-11-6-8-13(9-7-11)15(14-5-4-10-20-14)18-12(2)16(19)17-3/h4-10,12,15,18H,1-3H3,(H,17,19)/p+1/t12-,15-/m0/s1. The molecule has 0 saturated carbocycles. The molecule has 0 aliphatic carbocycles. The van der Waals surface area contributed by atoms with Crippen LogP contribution in [0.5, 0.6) is 0 Å². The van der Waals surface area contributed by atoms with E-state index in [1.807, 2.05) is 6.92 Å². The van der Waals surface area contributed by atoms with E-state index in [-0.39, 0.29) is 18.0 Å². The fourth-order valence-corrected chi connectivity index (χ4v) is 3.05. The van der Waals surface area contributed by atoms with Crippen molar-refractivity contribution in [3.63, 3.8) is 0 Å². The molecule has 1 aromatic heterocycles. The van der Waals surface area contributed by atoms with E-state index in [1.165, 1.54) is 16.0 Å². The number of thiophene rings is 1. The molecule has 0 saturated heterocycles. The maximum Gasteiger partial charge on any atom is 0.277 e. The van der Waals surface area contributed by atoms with Gasteiger partial charge in [0.25, 0.3) is 5.91 Å². The zero-order chi connectivity index (χ0) is 14.5. The van der Waals surface area contributed by atoms with Crippen molar-refractivity contribution in [1.82, 2.24) is 5.32 Å². The van der Waals surface area contributed by atoms with Crippen LogP contribution in [0.15, 0.2) is 41.8 Å². The molecule has 0 unspecified atom stereocenters. The molecule has 3 nitrogen and oxygen atoms in total. The summed E-state index contributed by atoms with van der Waals surface area (Å²) >= 11 is 1.73. The predicted molar refractivity (Wildman–Crippen MR) is 82.8 cm³/mol. The lowest BCUT2D eigenvalue weighted by molar-refractivity contribution is -0.704. The molecule has 106 valence electrons. The number of benzene rings is 1. The van der Waals surface area contributed by atoms with Crippen LogP contribution in [0.3, 0.4) is 0 Å². The van der Waals surface area contributed by atoms with Gasteiger partial charge in [0.1, 0.15) is 6.04 Å². The van der Waals surface area contributed by atoms with Gasteiger partial charge in [-0.15, -0.1) is 11.3 Å². The maximum atomic E-state index is 11.8. The number of carbonyl (C=O) groups excluding carboxylic acids is 1. The average molecular weight is 289 g/mol. The molecule has 0 aliphatic rings. The number of rotatable bonds is 5. The number of carbonyl (C=O) groups is 1. The van der Waals surface area contributed by atoms with Gasteiger partial charge < -0.3 is 10.6 Å². The van der Waals surface area contributed by atoms with Gasteiger partial charge in [0.2, 0.25) is 0 Å². The fourth-order valence-electron chi connectivity index (χ4n) is 2.22. The van der Waals surface area contributed by atoms with Gasteiger partial charge in [-0.05, 0) is 25.3 Å². The van der Waals surface area contributed by atoms with Crippen molar-refractivity contribution in [2.45, 2.75) is 25.9 Å². The lowest BCUT2D eigenvalue weighted by atomic mass is 10.0. The van der Waals surface area contributed by atoms with Gasteiger partial charge in [0.05, 0.1) is 4.88 Å². The second-order valence-electron chi connectivity index (χ2n) is 5.00. The van der Waals surface area contributed by atoms with Gasteiger partial charge in [-0.1, -0.05) is 35.9 Å². The van der Waals surface area contributed by atoms with Crippen molar-refractivity contribution in [2.75, 3.05) is 7.05 Å². The minimum atomic E-state index is -0.117. The fraction of sp³-hybridized carbons (Fsp3) is 0.312. The summed E-state index contributed by atoms with van der Waals surface area (Å²) in [4.78, 5) is 13.0. The van der Waals surface area contributed by atoms with Crippen LogP contribution in [-0.4, -0.2) is 19.0 Å². The summed E-state index contributed by atoms with van der Waals surface area (Å²) in [6, 6.07) is 12.8. The summed E-state index contributed by atoms with van der Waals surface area (Å²) in [6.45, 7) is 4.02. The Morgan fingerprint density at radius 1 is 1.25 bits per heavy atom. The van der Waals surface area contributed by atoms with E-state index in [0.717, 1.165) is 0 Å². The molecule has 2 atom stereocenters. The monoisotopic (exact) mass is 289 g/mol. The Hall–Kier alpha value is -1.65. The minimum absolute atomic E-state index is 0.0543. The Morgan fingerprint density at radius 2 is 1.95 bits per heavy atom. The number of hydrogen-bond donors (Lipinski definition) is 2. The largest absolute Gasteiger partial charge is 0.354 e. The molecule has 0 bridgehead atoms. The summed E-state index contributed by atoms with van der Waals surface area (Å²) in [5.74, 6) is 0.0543. The van der Waals surface area contributed by atoms with Crippen LogP contribution >= 0.6 is 11.3 Å². The van der Waals surface area contributed by atoms with Crippen LogP contribution in [0.4, 0.5) is 0 Å². The van der Waals surface area contributed by atoms with Crippen LogP contribution in [0.25, 0.3) is 0 Å². The highest BCUT2D eigenvalue weighted by Crippen LogP contribution is 2.23. The lowest BCUT2D eigenvalue weighted by Gasteiger charge is -2.19. The number of amides is 1. The highest BCUT2D eigenvalue weighted by Gasteiger charge is 2.24. The summed E-state index contributed by atoms with van der Waals surface area (Å²) in [5, 5.41) is 6.91. The first-order chi connectivity index (χ1) is 9.61. The Kier molecular flexibility index (Phi) is 4.93. The first kappa shape index (κ1) is 14.8. The summed E-state index contributed by atoms with van der Waals surface area (Å²) < 4.78 is 0. The van der Waals surface area contributed by atoms with Crippen molar-refractivity contribution in [1.29, 1.82) is 0 Å². The first-order valence-corrected chi connectivity index (χ1v) is 7.66. The summed E-state index contributed by atoms with van der Waals surface area (Å²) in [7, 11) is 1.68. The Labute approximate surface area is 124 Å². The summed E-state index contributed by atoms with van der Waals surface area (Å²) in [5.41, 5.74) is 2.48. The summed E-state index contributed by atoms with van der Waals surface area (Å²) in [6.07, 6.45) is 0. The van der Waals surface area contributed by atoms with Gasteiger partial charge in [-0.25, -0.2) is 0 Å². The molecule has 2 aromatic rings. The van der Waals surface area contributed by atoms with E-state index < -0.39 is 0 Å². The topological polar surface area (TPSA) is 45.7 Å². The van der Waals surface area contributed by atoms with E-state index in [0.29, 0.717) is 0 Å². The van der Waals surface area contributed by atoms with E-state index in [9.17, 15) is 4.79 Å². The van der Waals surface area contributed by atoms with Crippen LogP contribution in [0.2, 0.25) is 0 Å². The van der Waals surface area contributed by atoms with Crippen LogP contribution < -0.4 is 10.6 Å². The quantitative estimate of drug-likeness (QED) is 0.867. The molecule has 3 N–H and O–H groups in total. The van der Waals surface area contributed by atoms with Crippen molar-refractivity contribution in [3.8, 4) is 0 Å². The van der Waals surface area contributed by atoms with Crippen molar-refractivity contribution < 1.29 is 10.1 Å². The highest BCUT2D eigenvalue weighted by molar-refractivity contribution is 7.10. The molecular formula is C16H21N2OS+. The zero-order valence-corrected chi connectivity index (χ0v) is 12.9. The smallest absolute Gasteiger partial charge is 0.277 e. The molecule has 1 amide bonds. The van der Waals surface area contributed by atoms with Gasteiger partial charge in [0, 0.05) is 12.6 Å². The van der Waals surface area contributed by atoms with E-state index >= 15 is 0 Å². The molecular weight excluding hydrogens is 268 g/mol. The Morgan fingerprint density at radius 3 is 2.50 bits per heavy atom. The molecule has 2 rings (SSSR count). The van der Waals surface area contributed by atoms with E-state index in [4.69, 9.17) is 0 Å². The third-order valence-corrected chi connectivity index (χ3v) is 4.38. The molecule has 0 fully saturated rings. The van der Waals surface area contributed by atoms with Crippen molar-refractivity contribution in [3.05, 3.63) is 57.8 Å². The van der Waals surface area contributed by atoms with Crippen LogP contribution in [0, 0.1) is 6.92 Å². The molecule has 0 radical (unpaired) electrons. The third kappa shape index (κ3) is 3.46. The predicted octanol–water partition coefficient (Wildman–Crippen LogP) is 1.84. The van der Waals surface area contributed by atoms with Gasteiger partial charge in [0.15, 0.2) is 6.04 Å². The Balaban J connectivity index is 2.26. The molecule has 1 aromatic carbocycles. The molecule has 4 heteroatoms. The molecule has 0 aliphatic heterocycles. The maximum absolute atomic E-state index is 11.8. The van der Waals surface area contributed by atoms with Gasteiger partial charge in [-0.3, -0.25) is 4.79 Å². The van der Waals surface area contributed by atoms with Gasteiger partial charge >= 0.3 is 0 Å². The molecule has 0 spiro atoms. The number of hydrogen-bond acceptors (Lipinski definition) is 2. The SMILES string of the molecule is CNC(=O)[C@H](C)[NH2+][C@@H](c1ccc(C)cc1)c1cccs1. The number of nitrogens with one attached hydrogen (secondary N) is 1. The normalized spacial score (nSPS) is 13.8. The zero-order valence-electron chi connectivity index (χ0n) is 12.1. The first-order valence-electron chi connectivity index (χ1n) is 6.78. The van der Waals surface area contributed by atoms with E-state index in [2.05, 4.69) is 59.3 Å². The lowest BCUT2D eigenvalue weighted by Crippen LogP contribution is -2.92. The number of quaternary nitrogens is 1. The number of likely N-dealkylation sites (N-methyl/N-ethyl adjacent to an activating group) is 1. The van der Waals surface area contributed by atoms with E-state index in [1.54, 1.807) is 18.4 Å². The van der Waals surface area contributed by atoms with Crippen molar-refractivity contribution in [2.24, 2.45) is 0 Å². The van der Waals surface area contributed by atoms with Gasteiger partial charge in [-0.2, -0.15) is 0 Å². The minimum Gasteiger partial charge on any atom is -0.354 e. The average Bonchev–Trinajstić information content (AvgIpc) is 2.98. The number of nitrogens with two attached hydrogens (primary N) is 1.